The van der Waals surface area contributed by atoms with Crippen molar-refractivity contribution >= 4 is 12.2 Å². The van der Waals surface area contributed by atoms with Crippen LogP contribution in [-0.2, 0) is 9.53 Å². The van der Waals surface area contributed by atoms with Gasteiger partial charge in [0.2, 0.25) is 0 Å². The van der Waals surface area contributed by atoms with Gasteiger partial charge < -0.3 is 10.1 Å². The minimum Gasteiger partial charge on any atom is -0.457 e. The summed E-state index contributed by atoms with van der Waals surface area (Å²) in [5.74, 6) is -0.588. The quantitative estimate of drug-likeness (QED) is 0.508. The highest BCUT2D eigenvalue weighted by Crippen LogP contribution is 2.09. The van der Waals surface area contributed by atoms with Crippen LogP contribution in [0.15, 0.2) is 23.8 Å². The van der Waals surface area contributed by atoms with Crippen LogP contribution in [0.25, 0.3) is 0 Å². The summed E-state index contributed by atoms with van der Waals surface area (Å²) in [6, 6.07) is 0. The molecule has 0 amide bonds. The van der Waals surface area contributed by atoms with E-state index in [1.807, 2.05) is 18.2 Å². The fraction of sp³-hybridized carbons (Fsp3) is 0.333. The Morgan fingerprint density at radius 3 is 3.08 bits per heavy atom. The van der Waals surface area contributed by atoms with Crippen LogP contribution in [0.3, 0.4) is 0 Å². The summed E-state index contributed by atoms with van der Waals surface area (Å²) in [4.78, 5) is 10.5. The molecule has 0 aromatic heterocycles. The number of nitrogens with one attached hydrogen (secondary N) is 1. The molecule has 0 spiro atoms. The van der Waals surface area contributed by atoms with Crippen LogP contribution in [0.2, 0.25) is 0 Å². The summed E-state index contributed by atoms with van der Waals surface area (Å²) in [6.45, 7) is 0.282. The minimum atomic E-state index is -0.588. The average Bonchev–Trinajstić information content (AvgIpc) is 2.16. The van der Waals surface area contributed by atoms with E-state index < -0.39 is 5.97 Å². The molecule has 0 saturated carbocycles. The van der Waals surface area contributed by atoms with Gasteiger partial charge in [0.1, 0.15) is 12.8 Å². The predicted molar refractivity (Wildman–Crippen MR) is 46.2 cm³/mol. The molecule has 0 fully saturated rings. The van der Waals surface area contributed by atoms with E-state index in [1.165, 1.54) is 0 Å². The number of hydrogen-bond donors (Lipinski definition) is 1. The third-order valence-corrected chi connectivity index (χ3v) is 1.57. The van der Waals surface area contributed by atoms with E-state index in [2.05, 4.69) is 0 Å². The van der Waals surface area contributed by atoms with Crippen molar-refractivity contribution in [2.75, 3.05) is 6.61 Å². The third kappa shape index (κ3) is 2.70. The lowest BCUT2D eigenvalue weighted by molar-refractivity contribution is -0.134. The van der Waals surface area contributed by atoms with Gasteiger partial charge in [0.25, 0.3) is 0 Å². The molecule has 1 N–H and O–H groups in total. The summed E-state index contributed by atoms with van der Waals surface area (Å²) in [7, 11) is 0. The molecule has 0 aromatic carbocycles. The van der Waals surface area contributed by atoms with Gasteiger partial charge in [0.05, 0.1) is 0 Å². The highest BCUT2D eigenvalue weighted by atomic mass is 16.5. The predicted octanol–water partition coefficient (Wildman–Crippen LogP) is 1.46. The van der Waals surface area contributed by atoms with E-state index in [0.29, 0.717) is 6.21 Å². The molecule has 3 heteroatoms. The molecule has 0 radical (unpaired) electrons. The molecule has 12 heavy (non-hydrogen) atoms. The number of ether oxygens (including phenoxy) is 1. The zero-order chi connectivity index (χ0) is 8.81. The van der Waals surface area contributed by atoms with Gasteiger partial charge in [-0.2, -0.15) is 0 Å². The Balaban J connectivity index is 2.31. The Labute approximate surface area is 71.2 Å². The molecular weight excluding hydrogens is 154 g/mol. The largest absolute Gasteiger partial charge is 0.457 e. The normalized spacial score (nSPS) is 15.2. The topological polar surface area (TPSA) is 50.2 Å². The van der Waals surface area contributed by atoms with Crippen molar-refractivity contribution < 1.29 is 9.53 Å². The van der Waals surface area contributed by atoms with Gasteiger partial charge >= 0.3 is 5.97 Å². The molecule has 1 aliphatic rings. The lowest BCUT2D eigenvalue weighted by Gasteiger charge is -2.05. The summed E-state index contributed by atoms with van der Waals surface area (Å²) in [5, 5.41) is 6.59. The zero-order valence-corrected chi connectivity index (χ0v) is 6.75. The minimum absolute atomic E-state index is 0.282. The summed E-state index contributed by atoms with van der Waals surface area (Å²) in [5.41, 5.74) is 1.01. The maximum atomic E-state index is 10.5. The van der Waals surface area contributed by atoms with E-state index >= 15 is 0 Å². The molecule has 0 aliphatic heterocycles. The SMILES string of the molecule is N=CC(=O)OCC1=CCCC=C1. The Hall–Kier alpha value is -1.38. The monoisotopic (exact) mass is 165 g/mol. The van der Waals surface area contributed by atoms with Gasteiger partial charge in [0, 0.05) is 0 Å². The standard InChI is InChI=1S/C9H11NO2/c10-6-9(11)12-7-8-4-2-1-3-5-8/h2,4-6,10H,1,3,7H2. The van der Waals surface area contributed by atoms with Gasteiger partial charge in [-0.05, 0) is 18.4 Å². The summed E-state index contributed by atoms with van der Waals surface area (Å²) < 4.78 is 4.73. The second-order valence-electron chi connectivity index (χ2n) is 2.51. The fourth-order valence-corrected chi connectivity index (χ4v) is 0.971. The van der Waals surface area contributed by atoms with Gasteiger partial charge in [0.15, 0.2) is 0 Å². The van der Waals surface area contributed by atoms with Crippen molar-refractivity contribution in [3.63, 3.8) is 0 Å². The molecule has 1 aliphatic carbocycles. The molecule has 3 nitrogen and oxygen atoms in total. The Kier molecular flexibility index (Phi) is 3.26. The maximum Gasteiger partial charge on any atom is 0.348 e. The third-order valence-electron chi connectivity index (χ3n) is 1.57. The first-order valence-corrected chi connectivity index (χ1v) is 3.86. The Morgan fingerprint density at radius 2 is 2.50 bits per heavy atom. The second-order valence-corrected chi connectivity index (χ2v) is 2.51. The summed E-state index contributed by atoms with van der Waals surface area (Å²) >= 11 is 0. The van der Waals surface area contributed by atoms with Crippen LogP contribution >= 0.6 is 0 Å². The zero-order valence-electron chi connectivity index (χ0n) is 6.75. The number of carbonyl (C=O) groups excluding carboxylic acids is 1. The van der Waals surface area contributed by atoms with Crippen molar-refractivity contribution in [1.29, 1.82) is 5.41 Å². The van der Waals surface area contributed by atoms with E-state index in [4.69, 9.17) is 10.1 Å². The van der Waals surface area contributed by atoms with Gasteiger partial charge in [-0.25, -0.2) is 4.79 Å². The highest BCUT2D eigenvalue weighted by molar-refractivity contribution is 6.21. The molecule has 1 rings (SSSR count). The van der Waals surface area contributed by atoms with E-state index in [9.17, 15) is 4.79 Å². The molecular formula is C9H11NO2. The number of esters is 1. The second kappa shape index (κ2) is 4.49. The van der Waals surface area contributed by atoms with Gasteiger partial charge in [-0.1, -0.05) is 18.2 Å². The highest BCUT2D eigenvalue weighted by Gasteiger charge is 2.00. The molecule has 0 heterocycles. The molecule has 0 bridgehead atoms. The fourth-order valence-electron chi connectivity index (χ4n) is 0.971. The van der Waals surface area contributed by atoms with Crippen LogP contribution in [0.4, 0.5) is 0 Å². The van der Waals surface area contributed by atoms with Crippen molar-refractivity contribution in [1.82, 2.24) is 0 Å². The van der Waals surface area contributed by atoms with Crippen LogP contribution in [-0.4, -0.2) is 18.8 Å². The van der Waals surface area contributed by atoms with Crippen LogP contribution in [0.5, 0.6) is 0 Å². The van der Waals surface area contributed by atoms with E-state index in [-0.39, 0.29) is 6.61 Å². The van der Waals surface area contributed by atoms with Crippen molar-refractivity contribution in [3.05, 3.63) is 23.8 Å². The smallest absolute Gasteiger partial charge is 0.348 e. The number of hydrogen-bond acceptors (Lipinski definition) is 3. The molecule has 0 saturated heterocycles. The number of carbonyl (C=O) groups is 1. The van der Waals surface area contributed by atoms with Gasteiger partial charge in [-0.15, -0.1) is 0 Å². The van der Waals surface area contributed by atoms with Crippen molar-refractivity contribution in [2.45, 2.75) is 12.8 Å². The van der Waals surface area contributed by atoms with Crippen LogP contribution < -0.4 is 0 Å². The van der Waals surface area contributed by atoms with E-state index in [0.717, 1.165) is 18.4 Å². The Bertz CT molecular complexity index is 241. The molecule has 0 atom stereocenters. The number of rotatable bonds is 3. The van der Waals surface area contributed by atoms with Crippen molar-refractivity contribution in [3.8, 4) is 0 Å². The first-order chi connectivity index (χ1) is 5.83. The maximum absolute atomic E-state index is 10.5. The van der Waals surface area contributed by atoms with Crippen LogP contribution in [0, 0.1) is 5.41 Å². The molecule has 0 aromatic rings. The van der Waals surface area contributed by atoms with Crippen molar-refractivity contribution in [2.24, 2.45) is 0 Å². The lowest BCUT2D eigenvalue weighted by atomic mass is 10.1. The first kappa shape index (κ1) is 8.71. The Morgan fingerprint density at radius 1 is 1.67 bits per heavy atom. The molecule has 0 unspecified atom stereocenters. The molecule has 64 valence electrons. The summed E-state index contributed by atoms with van der Waals surface area (Å²) in [6.07, 6.45) is 8.77. The van der Waals surface area contributed by atoms with E-state index in [1.54, 1.807) is 0 Å². The first-order valence-electron chi connectivity index (χ1n) is 3.86. The number of allylic oxidation sites excluding steroid dienone is 2. The van der Waals surface area contributed by atoms with Gasteiger partial charge in [-0.3, -0.25) is 0 Å². The average molecular weight is 165 g/mol. The van der Waals surface area contributed by atoms with Crippen LogP contribution in [0.1, 0.15) is 12.8 Å². The lowest BCUT2D eigenvalue weighted by Crippen LogP contribution is -2.07.